The van der Waals surface area contributed by atoms with Gasteiger partial charge in [0.05, 0.1) is 11.6 Å². The van der Waals surface area contributed by atoms with E-state index in [4.69, 9.17) is 4.74 Å². The van der Waals surface area contributed by atoms with Gasteiger partial charge in [-0.05, 0) is 57.7 Å². The molecule has 2 aromatic rings. The van der Waals surface area contributed by atoms with Crippen LogP contribution in [-0.2, 0) is 11.8 Å². The summed E-state index contributed by atoms with van der Waals surface area (Å²) in [5.74, 6) is 0.648. The summed E-state index contributed by atoms with van der Waals surface area (Å²) < 4.78 is 19.4. The lowest BCUT2D eigenvalue weighted by Crippen LogP contribution is -2.58. The molecule has 21 heavy (non-hydrogen) atoms. The predicted octanol–water partition coefficient (Wildman–Crippen LogP) is 3.68. The quantitative estimate of drug-likeness (QED) is 0.908. The van der Waals surface area contributed by atoms with Crippen LogP contribution < -0.4 is 10.1 Å². The van der Waals surface area contributed by atoms with E-state index in [0.717, 1.165) is 29.7 Å². The zero-order valence-corrected chi connectivity index (χ0v) is 13.4. The molecule has 2 aromatic carbocycles. The maximum absolute atomic E-state index is 13.1. The first-order chi connectivity index (χ1) is 10.1. The van der Waals surface area contributed by atoms with Gasteiger partial charge in [0.2, 0.25) is 0 Å². The molecule has 0 aliphatic carbocycles. The van der Waals surface area contributed by atoms with Crippen molar-refractivity contribution in [2.45, 2.75) is 11.8 Å². The highest BCUT2D eigenvalue weighted by atomic mass is 79.9. The molecular formula is C17H17BrFNO. The van der Waals surface area contributed by atoms with Gasteiger partial charge in [-0.1, -0.05) is 18.2 Å². The zero-order chi connectivity index (χ0) is 14.9. The molecule has 1 saturated heterocycles. The summed E-state index contributed by atoms with van der Waals surface area (Å²) in [5.41, 5.74) is 2.49. The molecule has 0 bridgehead atoms. The van der Waals surface area contributed by atoms with Crippen molar-refractivity contribution in [2.24, 2.45) is 0 Å². The second kappa shape index (κ2) is 5.78. The third-order valence-corrected chi connectivity index (χ3v) is 4.76. The first-order valence-electron chi connectivity index (χ1n) is 6.92. The number of methoxy groups -OCH3 is 1. The van der Waals surface area contributed by atoms with E-state index in [1.165, 1.54) is 11.1 Å². The number of ether oxygens (including phenoxy) is 1. The molecule has 0 radical (unpaired) electrons. The van der Waals surface area contributed by atoms with Crippen LogP contribution in [0.25, 0.3) is 0 Å². The van der Waals surface area contributed by atoms with E-state index in [9.17, 15) is 4.39 Å². The van der Waals surface area contributed by atoms with Gasteiger partial charge in [-0.15, -0.1) is 0 Å². The Morgan fingerprint density at radius 1 is 1.19 bits per heavy atom. The lowest BCUT2D eigenvalue weighted by Gasteiger charge is -2.43. The monoisotopic (exact) mass is 349 g/mol. The van der Waals surface area contributed by atoms with Crippen LogP contribution in [0.3, 0.4) is 0 Å². The molecule has 1 aliphatic rings. The number of hydrogen-bond donors (Lipinski definition) is 1. The van der Waals surface area contributed by atoms with Crippen molar-refractivity contribution in [3.8, 4) is 5.75 Å². The summed E-state index contributed by atoms with van der Waals surface area (Å²) in [6.07, 6.45) is 0.925. The van der Waals surface area contributed by atoms with Crippen LogP contribution in [0, 0.1) is 5.82 Å². The number of halogens is 2. The van der Waals surface area contributed by atoms with E-state index < -0.39 is 0 Å². The molecule has 3 rings (SSSR count). The molecule has 4 heteroatoms. The fourth-order valence-electron chi connectivity index (χ4n) is 2.87. The first-order valence-corrected chi connectivity index (χ1v) is 7.71. The number of benzene rings is 2. The van der Waals surface area contributed by atoms with E-state index >= 15 is 0 Å². The minimum atomic E-state index is -0.187. The highest BCUT2D eigenvalue weighted by Gasteiger charge is 2.38. The zero-order valence-electron chi connectivity index (χ0n) is 11.8. The van der Waals surface area contributed by atoms with Gasteiger partial charge in [-0.25, -0.2) is 4.39 Å². The average Bonchev–Trinajstić information content (AvgIpc) is 2.44. The van der Waals surface area contributed by atoms with Gasteiger partial charge in [-0.3, -0.25) is 0 Å². The molecule has 1 fully saturated rings. The van der Waals surface area contributed by atoms with E-state index in [1.807, 2.05) is 18.2 Å². The second-order valence-electron chi connectivity index (χ2n) is 5.54. The summed E-state index contributed by atoms with van der Waals surface area (Å²) in [7, 11) is 1.66. The number of nitrogens with one attached hydrogen (secondary N) is 1. The van der Waals surface area contributed by atoms with Crippen molar-refractivity contribution in [2.75, 3.05) is 20.2 Å². The molecule has 0 amide bonds. The van der Waals surface area contributed by atoms with Gasteiger partial charge in [-0.2, -0.15) is 0 Å². The lowest BCUT2D eigenvalue weighted by atomic mass is 9.71. The molecule has 1 N–H and O–H groups in total. The largest absolute Gasteiger partial charge is 0.496 e. The smallest absolute Gasteiger partial charge is 0.133 e. The van der Waals surface area contributed by atoms with Crippen molar-refractivity contribution in [1.82, 2.24) is 5.32 Å². The van der Waals surface area contributed by atoms with Gasteiger partial charge >= 0.3 is 0 Å². The van der Waals surface area contributed by atoms with E-state index in [0.29, 0.717) is 0 Å². The fraction of sp³-hybridized carbons (Fsp3) is 0.294. The molecule has 0 saturated carbocycles. The van der Waals surface area contributed by atoms with Gasteiger partial charge in [0.1, 0.15) is 11.6 Å². The van der Waals surface area contributed by atoms with Crippen LogP contribution in [0.1, 0.15) is 11.1 Å². The molecule has 0 atom stereocenters. The Labute approximate surface area is 132 Å². The molecule has 0 unspecified atom stereocenters. The minimum Gasteiger partial charge on any atom is -0.496 e. The van der Waals surface area contributed by atoms with Crippen molar-refractivity contribution in [3.05, 3.63) is 63.9 Å². The summed E-state index contributed by atoms with van der Waals surface area (Å²) in [6, 6.07) is 13.0. The Morgan fingerprint density at radius 3 is 2.43 bits per heavy atom. The Bertz CT molecular complexity index is 638. The van der Waals surface area contributed by atoms with E-state index in [-0.39, 0.29) is 11.2 Å². The molecule has 0 aromatic heterocycles. The van der Waals surface area contributed by atoms with Crippen LogP contribution in [-0.4, -0.2) is 20.2 Å². The van der Waals surface area contributed by atoms with E-state index in [2.05, 4.69) is 33.4 Å². The topological polar surface area (TPSA) is 21.3 Å². The van der Waals surface area contributed by atoms with Crippen molar-refractivity contribution in [1.29, 1.82) is 0 Å². The maximum atomic E-state index is 13.1. The van der Waals surface area contributed by atoms with Gasteiger partial charge in [0, 0.05) is 18.5 Å². The SMILES string of the molecule is COc1ccc(CC2(c3ccc(F)cc3)CNC2)cc1Br. The van der Waals surface area contributed by atoms with Crippen molar-refractivity contribution in [3.63, 3.8) is 0 Å². The first kappa shape index (κ1) is 14.5. The van der Waals surface area contributed by atoms with Gasteiger partial charge < -0.3 is 10.1 Å². The molecule has 0 spiro atoms. The van der Waals surface area contributed by atoms with Crippen LogP contribution in [0.5, 0.6) is 5.75 Å². The Morgan fingerprint density at radius 2 is 1.90 bits per heavy atom. The van der Waals surface area contributed by atoms with Crippen LogP contribution in [0.15, 0.2) is 46.9 Å². The van der Waals surface area contributed by atoms with Crippen molar-refractivity contribution >= 4 is 15.9 Å². The highest BCUT2D eigenvalue weighted by Crippen LogP contribution is 2.34. The van der Waals surface area contributed by atoms with E-state index in [1.54, 1.807) is 19.2 Å². The Hall–Kier alpha value is -1.39. The number of hydrogen-bond acceptors (Lipinski definition) is 2. The molecular weight excluding hydrogens is 333 g/mol. The second-order valence-corrected chi connectivity index (χ2v) is 6.39. The molecule has 110 valence electrons. The van der Waals surface area contributed by atoms with Gasteiger partial charge in [0.25, 0.3) is 0 Å². The van der Waals surface area contributed by atoms with Crippen molar-refractivity contribution < 1.29 is 9.13 Å². The normalized spacial score (nSPS) is 16.3. The molecule has 1 heterocycles. The van der Waals surface area contributed by atoms with Gasteiger partial charge in [0.15, 0.2) is 0 Å². The van der Waals surface area contributed by atoms with Crippen LogP contribution in [0.4, 0.5) is 4.39 Å². The lowest BCUT2D eigenvalue weighted by molar-refractivity contribution is 0.274. The summed E-state index contributed by atoms with van der Waals surface area (Å²) in [6.45, 7) is 1.84. The number of rotatable bonds is 4. The summed E-state index contributed by atoms with van der Waals surface area (Å²) >= 11 is 3.53. The predicted molar refractivity (Wildman–Crippen MR) is 85.3 cm³/mol. The average molecular weight is 350 g/mol. The molecule has 1 aliphatic heterocycles. The third kappa shape index (κ3) is 2.83. The van der Waals surface area contributed by atoms with Crippen LogP contribution >= 0.6 is 15.9 Å². The standard InChI is InChI=1S/C17H17BrFNO/c1-21-16-7-2-12(8-15(16)18)9-17(10-20-11-17)13-3-5-14(19)6-4-13/h2-8,20H,9-11H2,1H3. The Balaban J connectivity index is 1.87. The summed E-state index contributed by atoms with van der Waals surface area (Å²) in [5, 5.41) is 3.34. The Kier molecular flexibility index (Phi) is 4.00. The highest BCUT2D eigenvalue weighted by molar-refractivity contribution is 9.10. The molecule has 2 nitrogen and oxygen atoms in total. The summed E-state index contributed by atoms with van der Waals surface area (Å²) in [4.78, 5) is 0. The maximum Gasteiger partial charge on any atom is 0.133 e. The fourth-order valence-corrected chi connectivity index (χ4v) is 3.46. The third-order valence-electron chi connectivity index (χ3n) is 4.14. The van der Waals surface area contributed by atoms with Crippen LogP contribution in [0.2, 0.25) is 0 Å². The minimum absolute atomic E-state index is 0.0573.